The molecule has 6 amide bonds. The molecule has 0 fully saturated rings. The van der Waals surface area contributed by atoms with Crippen LogP contribution in [0.2, 0.25) is 5.02 Å². The molecule has 18 nitrogen and oxygen atoms in total. The van der Waals surface area contributed by atoms with E-state index in [2.05, 4.69) is 60.9 Å². The van der Waals surface area contributed by atoms with Crippen LogP contribution in [0, 0.1) is 24.3 Å². The minimum Gasteiger partial charge on any atom is -0.394 e. The van der Waals surface area contributed by atoms with E-state index in [0.717, 1.165) is 79.2 Å². The minimum absolute atomic E-state index is 0.125. The number of carbonyl (C=O) groups is 6. The van der Waals surface area contributed by atoms with Gasteiger partial charge in [-0.3, -0.25) is 28.8 Å². The van der Waals surface area contributed by atoms with Crippen LogP contribution in [0.25, 0.3) is 11.4 Å². The number of amides is 6. The lowest BCUT2D eigenvalue weighted by atomic mass is 9.93. The Morgan fingerprint density at radius 2 is 0.979 bits per heavy atom. The molecule has 5 heterocycles. The fraction of sp³-hybridized carbons (Fsp3) is 0.370. The van der Waals surface area contributed by atoms with Crippen LogP contribution in [0.5, 0.6) is 0 Å². The summed E-state index contributed by atoms with van der Waals surface area (Å²) in [6, 6.07) is 35.8. The average Bonchev–Trinajstić information content (AvgIpc) is 1.45. The Balaban J connectivity index is 0.000000222. The van der Waals surface area contributed by atoms with Crippen LogP contribution in [0.1, 0.15) is 180 Å². The highest BCUT2D eigenvalue weighted by Crippen LogP contribution is 2.33. The minimum atomic E-state index is -0.435. The second kappa shape index (κ2) is 32.9. The van der Waals surface area contributed by atoms with Gasteiger partial charge in [0.25, 0.3) is 35.4 Å². The van der Waals surface area contributed by atoms with Gasteiger partial charge in [0.2, 0.25) is 0 Å². The van der Waals surface area contributed by atoms with Crippen molar-refractivity contribution in [3.63, 3.8) is 0 Å². The molecular weight excluding hydrogens is 1340 g/mol. The molecule has 2 aliphatic rings. The number of aryl methyl sites for hydroxylation is 3. The van der Waals surface area contributed by atoms with E-state index in [1.165, 1.54) is 11.3 Å². The summed E-state index contributed by atoms with van der Waals surface area (Å²) in [5.74, 6) is -1.46. The fourth-order valence-corrected chi connectivity index (χ4v) is 13.8. The molecule has 0 saturated carbocycles. The van der Waals surface area contributed by atoms with E-state index in [1.807, 2.05) is 90.5 Å². The van der Waals surface area contributed by atoms with Crippen molar-refractivity contribution in [1.29, 1.82) is 0 Å². The number of halogens is 2. The van der Waals surface area contributed by atoms with Gasteiger partial charge in [-0.15, -0.1) is 11.3 Å². The van der Waals surface area contributed by atoms with E-state index >= 15 is 0 Å². The van der Waals surface area contributed by atoms with Gasteiger partial charge in [0.1, 0.15) is 0 Å². The molecule has 2 aliphatic heterocycles. The molecule has 10 rings (SSSR count). The van der Waals surface area contributed by atoms with Gasteiger partial charge in [0.05, 0.1) is 58.2 Å². The first-order valence-electron chi connectivity index (χ1n) is 32.5. The number of nitrogens with zero attached hydrogens (tertiary/aromatic N) is 8. The Morgan fingerprint density at radius 3 is 1.37 bits per heavy atom. The number of hydrogen-bond donors (Lipinski definition) is 4. The second-order valence-corrected chi connectivity index (χ2v) is 26.6. The Hall–Kier alpha value is -8.02. The number of hydrogen-bond acceptors (Lipinski definition) is 11. The van der Waals surface area contributed by atoms with Gasteiger partial charge in [-0.05, 0) is 188 Å². The van der Waals surface area contributed by atoms with Crippen molar-refractivity contribution in [1.82, 2.24) is 39.2 Å². The van der Waals surface area contributed by atoms with Crippen LogP contribution in [0.15, 0.2) is 127 Å². The SMILES string of the molecule is CCCCN(CCCC)C(=O)c1cc(C)n(-c2ccc(NC(=O)c3ccc(Cl)cc3I)cc2C(=O)N2Cc3ccccc3C[C@H]2CO)n1.CCCCN(CCCC)C(=O)c1cc(C)n(-c2ccc(NC(=O)c3sccc3C)cc2C(=O)N2Cc3ccccc3C[C@H]2CO)n1. The molecule has 2 atom stereocenters. The molecule has 0 aliphatic carbocycles. The predicted molar refractivity (Wildman–Crippen MR) is 379 cm³/mol. The molecule has 0 bridgehead atoms. The number of nitrogens with one attached hydrogen (secondary N) is 2. The number of rotatable bonds is 24. The van der Waals surface area contributed by atoms with Crippen LogP contribution in [0.3, 0.4) is 0 Å². The van der Waals surface area contributed by atoms with E-state index in [9.17, 15) is 39.0 Å². The highest BCUT2D eigenvalue weighted by atomic mass is 127. The summed E-state index contributed by atoms with van der Waals surface area (Å²) >= 11 is 9.54. The van der Waals surface area contributed by atoms with Crippen molar-refractivity contribution in [3.05, 3.63) is 207 Å². The molecule has 494 valence electrons. The van der Waals surface area contributed by atoms with Crippen molar-refractivity contribution < 1.29 is 39.0 Å². The number of aromatic nitrogens is 4. The van der Waals surface area contributed by atoms with Crippen LogP contribution >= 0.6 is 45.5 Å². The van der Waals surface area contributed by atoms with Gasteiger partial charge in [-0.2, -0.15) is 10.2 Å². The first-order chi connectivity index (χ1) is 45.4. The highest BCUT2D eigenvalue weighted by molar-refractivity contribution is 14.1. The Morgan fingerprint density at radius 1 is 0.553 bits per heavy atom. The number of aliphatic hydroxyl groups excluding tert-OH is 2. The first kappa shape index (κ1) is 70.3. The molecule has 0 radical (unpaired) electrons. The third-order valence-corrected chi connectivity index (χ3v) is 19.4. The largest absolute Gasteiger partial charge is 0.394 e. The number of fused-ring (bicyclic) bond motifs is 2. The standard InChI is InChI=1S/C37H41ClIN5O4.C36H43N5O4S/c1-4-6-16-42(17-7-5-2)37(48)33-18-24(3)44(41-33)34-15-13-28(40-35(46)30-14-12-27(38)20-32(30)39)21-31(34)36(47)43-22-26-11-9-8-10-25(26)19-29(43)23-45;1-5-7-16-39(17-8-6-2)36(45)31-19-25(4)41(38-31)32-14-13-28(37-34(43)33-24(3)15-18-46-33)21-30(32)35(44)40-22-27-12-10-9-11-26(27)20-29(40)23-42/h8-15,18,20-21,29,45H,4-7,16-17,19,22-23H2,1-3H3,(H,40,46);9-15,18-19,21,29,42H,5-8,16-17,20,22-23H2,1-4H3,(H,37,43)/t2*29-/m00/s1. The van der Waals surface area contributed by atoms with Crippen LogP contribution in [-0.2, 0) is 25.9 Å². The summed E-state index contributed by atoms with van der Waals surface area (Å²) in [5, 5.41) is 38.5. The molecule has 21 heteroatoms. The molecule has 94 heavy (non-hydrogen) atoms. The summed E-state index contributed by atoms with van der Waals surface area (Å²) in [6.45, 7) is 17.0. The van der Waals surface area contributed by atoms with E-state index in [4.69, 9.17) is 21.8 Å². The summed E-state index contributed by atoms with van der Waals surface area (Å²) in [6.07, 6.45) is 8.61. The first-order valence-corrected chi connectivity index (χ1v) is 34.8. The van der Waals surface area contributed by atoms with E-state index in [0.29, 0.717) is 122 Å². The number of aliphatic hydroxyl groups is 2. The number of benzene rings is 5. The number of unbranched alkanes of at least 4 members (excludes halogenated alkanes) is 4. The zero-order chi connectivity index (χ0) is 67.2. The van der Waals surface area contributed by atoms with Gasteiger partial charge in [0.15, 0.2) is 11.4 Å². The zero-order valence-corrected chi connectivity index (χ0v) is 58.3. The Bertz CT molecular complexity index is 4020. The topological polar surface area (TPSA) is 216 Å². The lowest BCUT2D eigenvalue weighted by Crippen LogP contribution is -2.46. The van der Waals surface area contributed by atoms with Gasteiger partial charge < -0.3 is 40.4 Å². The Labute approximate surface area is 573 Å². The quantitative estimate of drug-likeness (QED) is 0.0420. The van der Waals surface area contributed by atoms with Crippen LogP contribution in [-0.4, -0.2) is 136 Å². The normalized spacial score (nSPS) is 14.1. The fourth-order valence-electron chi connectivity index (χ4n) is 11.9. The van der Waals surface area contributed by atoms with Gasteiger partial charge in [-0.1, -0.05) is 114 Å². The van der Waals surface area contributed by atoms with Crippen molar-refractivity contribution in [2.24, 2.45) is 0 Å². The van der Waals surface area contributed by atoms with Gasteiger partial charge in [-0.25, -0.2) is 9.36 Å². The lowest BCUT2D eigenvalue weighted by molar-refractivity contribution is 0.0539. The zero-order valence-electron chi connectivity index (χ0n) is 54.6. The molecule has 4 N–H and O–H groups in total. The highest BCUT2D eigenvalue weighted by Gasteiger charge is 2.35. The molecular formula is C73H84ClIN10O8S. The third kappa shape index (κ3) is 16.5. The van der Waals surface area contributed by atoms with E-state index < -0.39 is 12.1 Å². The molecule has 8 aromatic rings. The smallest absolute Gasteiger partial charge is 0.274 e. The lowest BCUT2D eigenvalue weighted by Gasteiger charge is -2.36. The Kier molecular flexibility index (Phi) is 24.6. The van der Waals surface area contributed by atoms with Gasteiger partial charge in [0, 0.05) is 70.6 Å². The van der Waals surface area contributed by atoms with Crippen LogP contribution < -0.4 is 10.6 Å². The van der Waals surface area contributed by atoms with Gasteiger partial charge >= 0.3 is 0 Å². The number of carbonyl (C=O) groups excluding carboxylic acids is 6. The van der Waals surface area contributed by atoms with Crippen LogP contribution in [0.4, 0.5) is 11.4 Å². The average molecular weight is 1420 g/mol. The summed E-state index contributed by atoms with van der Waals surface area (Å²) in [5.41, 5.74) is 10.1. The van der Waals surface area contributed by atoms with Crippen molar-refractivity contribution in [2.75, 3.05) is 50.0 Å². The summed E-state index contributed by atoms with van der Waals surface area (Å²) in [7, 11) is 0. The van der Waals surface area contributed by atoms with Crippen molar-refractivity contribution in [2.45, 2.75) is 138 Å². The molecule has 5 aromatic carbocycles. The van der Waals surface area contributed by atoms with E-state index in [1.54, 1.807) is 85.9 Å². The monoisotopic (exact) mass is 1420 g/mol. The molecule has 0 spiro atoms. The third-order valence-electron chi connectivity index (χ3n) is 17.2. The molecule has 3 aromatic heterocycles. The molecule has 0 saturated heterocycles. The van der Waals surface area contributed by atoms with Crippen molar-refractivity contribution >= 4 is 92.3 Å². The number of thiophene rings is 1. The predicted octanol–water partition coefficient (Wildman–Crippen LogP) is 13.7. The second-order valence-electron chi connectivity index (χ2n) is 24.1. The number of anilines is 2. The summed E-state index contributed by atoms with van der Waals surface area (Å²) < 4.78 is 3.95. The summed E-state index contributed by atoms with van der Waals surface area (Å²) in [4.78, 5) is 90.5. The molecule has 0 unspecified atom stereocenters. The van der Waals surface area contributed by atoms with E-state index in [-0.39, 0.29) is 54.2 Å². The maximum Gasteiger partial charge on any atom is 0.274 e. The maximum atomic E-state index is 14.5. The maximum absolute atomic E-state index is 14.5. The van der Waals surface area contributed by atoms with Crippen molar-refractivity contribution in [3.8, 4) is 11.4 Å².